The first-order valence-electron chi connectivity index (χ1n) is 12.8. The van der Waals surface area contributed by atoms with E-state index >= 15 is 0 Å². The number of anilines is 1. The third kappa shape index (κ3) is 4.58. The zero-order valence-electron chi connectivity index (χ0n) is 21.2. The third-order valence-corrected chi connectivity index (χ3v) is 10.5. The molecule has 0 spiro atoms. The average molecular weight is 584 g/mol. The summed E-state index contributed by atoms with van der Waals surface area (Å²) in [4.78, 5) is 57.6. The number of aromatic nitrogens is 1. The van der Waals surface area contributed by atoms with E-state index in [1.54, 1.807) is 31.4 Å². The van der Waals surface area contributed by atoms with Gasteiger partial charge in [0.15, 0.2) is 0 Å². The Balaban J connectivity index is 1.43. The summed E-state index contributed by atoms with van der Waals surface area (Å²) in [5.74, 6) is -1.32. The second-order valence-electron chi connectivity index (χ2n) is 9.87. The molecule has 0 radical (unpaired) electrons. The fraction of sp³-hybridized carbons (Fsp3) is 0.357. The van der Waals surface area contributed by atoms with Crippen LogP contribution in [0.1, 0.15) is 35.6 Å². The fourth-order valence-corrected chi connectivity index (χ4v) is 8.55. The predicted octanol–water partition coefficient (Wildman–Crippen LogP) is 4.38. The van der Waals surface area contributed by atoms with Gasteiger partial charge in [0.05, 0.1) is 23.7 Å². The van der Waals surface area contributed by atoms with Crippen LogP contribution in [-0.2, 0) is 20.9 Å². The lowest BCUT2D eigenvalue weighted by Gasteiger charge is -2.31. The highest BCUT2D eigenvalue weighted by Gasteiger charge is 2.56. The highest BCUT2D eigenvalue weighted by Crippen LogP contribution is 2.54. The predicted molar refractivity (Wildman–Crippen MR) is 151 cm³/mol. The highest BCUT2D eigenvalue weighted by atomic mass is 35.5. The number of nitrogens with zero attached hydrogens (tertiary/aromatic N) is 3. The van der Waals surface area contributed by atoms with Crippen LogP contribution >= 0.6 is 34.7 Å². The van der Waals surface area contributed by atoms with Gasteiger partial charge < -0.3 is 9.64 Å². The van der Waals surface area contributed by atoms with E-state index in [1.165, 1.54) is 21.2 Å². The van der Waals surface area contributed by atoms with Crippen LogP contribution in [0.25, 0.3) is 0 Å². The molecule has 3 atom stereocenters. The molecule has 0 N–H and O–H groups in total. The first kappa shape index (κ1) is 26.2. The number of carbonyl (C=O) groups excluding carboxylic acids is 3. The summed E-state index contributed by atoms with van der Waals surface area (Å²) in [5.41, 5.74) is 1.26. The monoisotopic (exact) mass is 583 g/mol. The number of thioether (sulfide) groups is 1. The molecule has 6 rings (SSSR count). The van der Waals surface area contributed by atoms with Gasteiger partial charge in [-0.2, -0.15) is 0 Å². The topological polar surface area (TPSA) is 88.9 Å². The number of amides is 3. The first-order chi connectivity index (χ1) is 18.9. The number of methoxy groups -OCH3 is 1. The standard InChI is InChI=1S/C28H26ClN3O5S2/c1-37-19-11-5-16(6-12-19)21-22-23(26(35)32(25(22)34)18-9-7-17(29)8-10-18)38-27-24(21)39-28(36)31(27)15-20(33)30-13-3-2-4-14-30/h5-12,21-23H,2-4,13-15H2,1H3. The van der Waals surface area contributed by atoms with Gasteiger partial charge in [-0.05, 0) is 61.2 Å². The number of ether oxygens (including phenoxy) is 1. The Kier molecular flexibility index (Phi) is 7.03. The molecule has 3 amide bonds. The van der Waals surface area contributed by atoms with Crippen LogP contribution in [-0.4, -0.2) is 52.6 Å². The van der Waals surface area contributed by atoms with Gasteiger partial charge in [-0.15, -0.1) is 0 Å². The second-order valence-corrected chi connectivity index (χ2v) is 12.4. The van der Waals surface area contributed by atoms with Crippen LogP contribution in [0.2, 0.25) is 5.02 Å². The van der Waals surface area contributed by atoms with Gasteiger partial charge in [0, 0.05) is 28.9 Å². The molecule has 2 saturated heterocycles. The summed E-state index contributed by atoms with van der Waals surface area (Å²) in [6.45, 7) is 1.30. The number of imide groups is 1. The zero-order chi connectivity index (χ0) is 27.3. The lowest BCUT2D eigenvalue weighted by atomic mass is 9.83. The Bertz CT molecular complexity index is 1490. The van der Waals surface area contributed by atoms with E-state index in [0.29, 0.717) is 39.5 Å². The van der Waals surface area contributed by atoms with Crippen molar-refractivity contribution in [3.63, 3.8) is 0 Å². The largest absolute Gasteiger partial charge is 0.497 e. The second kappa shape index (κ2) is 10.5. The fourth-order valence-electron chi connectivity index (χ4n) is 5.65. The number of hydrogen-bond donors (Lipinski definition) is 0. The maximum absolute atomic E-state index is 13.9. The number of fused-ring (bicyclic) bond motifs is 2. The van der Waals surface area contributed by atoms with Gasteiger partial charge in [0.1, 0.15) is 17.5 Å². The minimum Gasteiger partial charge on any atom is -0.497 e. The van der Waals surface area contributed by atoms with Gasteiger partial charge in [-0.25, -0.2) is 4.90 Å². The summed E-state index contributed by atoms with van der Waals surface area (Å²) in [6, 6.07) is 14.0. The van der Waals surface area contributed by atoms with E-state index in [4.69, 9.17) is 16.3 Å². The van der Waals surface area contributed by atoms with E-state index < -0.39 is 17.1 Å². The van der Waals surface area contributed by atoms with Crippen molar-refractivity contribution in [2.24, 2.45) is 5.92 Å². The Morgan fingerprint density at radius 3 is 2.33 bits per heavy atom. The molecule has 0 bridgehead atoms. The van der Waals surface area contributed by atoms with Gasteiger partial charge in [0.2, 0.25) is 17.7 Å². The van der Waals surface area contributed by atoms with Gasteiger partial charge in [-0.1, -0.05) is 46.8 Å². The molecule has 8 nitrogen and oxygen atoms in total. The summed E-state index contributed by atoms with van der Waals surface area (Å²) < 4.78 is 6.82. The summed E-state index contributed by atoms with van der Waals surface area (Å²) in [5, 5.41) is 0.361. The van der Waals surface area contributed by atoms with E-state index in [1.807, 2.05) is 29.2 Å². The van der Waals surface area contributed by atoms with Crippen molar-refractivity contribution < 1.29 is 19.1 Å². The summed E-state index contributed by atoms with van der Waals surface area (Å²) >= 11 is 8.33. The smallest absolute Gasteiger partial charge is 0.308 e. The Labute approximate surface area is 238 Å². The maximum Gasteiger partial charge on any atom is 0.308 e. The van der Waals surface area contributed by atoms with E-state index in [2.05, 4.69) is 0 Å². The van der Waals surface area contributed by atoms with E-state index in [9.17, 15) is 19.2 Å². The van der Waals surface area contributed by atoms with Crippen molar-refractivity contribution in [1.82, 2.24) is 9.47 Å². The van der Waals surface area contributed by atoms with Crippen LogP contribution in [0, 0.1) is 5.92 Å². The molecule has 4 heterocycles. The van der Waals surface area contributed by atoms with Crippen LogP contribution in [0.5, 0.6) is 5.75 Å². The van der Waals surface area contributed by atoms with Crippen molar-refractivity contribution in [3.05, 3.63) is 73.7 Å². The Morgan fingerprint density at radius 2 is 1.67 bits per heavy atom. The number of likely N-dealkylation sites (tertiary alicyclic amines) is 1. The molecule has 202 valence electrons. The lowest BCUT2D eigenvalue weighted by Crippen LogP contribution is -2.39. The number of halogens is 1. The van der Waals surface area contributed by atoms with Crippen LogP contribution < -0.4 is 14.5 Å². The van der Waals surface area contributed by atoms with E-state index in [-0.39, 0.29) is 29.1 Å². The molecule has 3 unspecified atom stereocenters. The molecule has 3 aromatic rings. The molecule has 2 fully saturated rings. The lowest BCUT2D eigenvalue weighted by molar-refractivity contribution is -0.133. The van der Waals surface area contributed by atoms with Crippen LogP contribution in [0.15, 0.2) is 58.4 Å². The number of thiazole rings is 1. The highest BCUT2D eigenvalue weighted by molar-refractivity contribution is 8.00. The van der Waals surface area contributed by atoms with Gasteiger partial charge >= 0.3 is 4.87 Å². The molecule has 1 aromatic heterocycles. The van der Waals surface area contributed by atoms with Crippen molar-refractivity contribution in [1.29, 1.82) is 0 Å². The van der Waals surface area contributed by atoms with Crippen molar-refractivity contribution in [2.75, 3.05) is 25.1 Å². The minimum atomic E-state index is -0.738. The number of carbonyl (C=O) groups is 3. The number of rotatable bonds is 5. The molecule has 2 aromatic carbocycles. The molecule has 3 aliphatic rings. The average Bonchev–Trinajstić information content (AvgIpc) is 3.40. The molecule has 11 heteroatoms. The third-order valence-electron chi connectivity index (χ3n) is 7.61. The quantitative estimate of drug-likeness (QED) is 0.414. The molecule has 0 saturated carbocycles. The summed E-state index contributed by atoms with van der Waals surface area (Å²) in [7, 11) is 1.58. The molecular weight excluding hydrogens is 558 g/mol. The van der Waals surface area contributed by atoms with E-state index in [0.717, 1.165) is 36.2 Å². The first-order valence-corrected chi connectivity index (χ1v) is 14.9. The maximum atomic E-state index is 13.9. The number of benzene rings is 2. The normalized spacial score (nSPS) is 22.6. The molecular formula is C28H26ClN3O5S2. The SMILES string of the molecule is COc1ccc(C2c3sc(=O)n(CC(=O)N4CCCCC4)c3SC3C(=O)N(c4ccc(Cl)cc4)C(=O)C32)cc1. The number of piperidine rings is 1. The molecule has 3 aliphatic heterocycles. The van der Waals surface area contributed by atoms with Crippen molar-refractivity contribution >= 4 is 58.1 Å². The zero-order valence-corrected chi connectivity index (χ0v) is 23.6. The van der Waals surface area contributed by atoms with Crippen molar-refractivity contribution in [3.8, 4) is 5.75 Å². The van der Waals surface area contributed by atoms with Gasteiger partial charge in [0.25, 0.3) is 0 Å². The van der Waals surface area contributed by atoms with Gasteiger partial charge in [-0.3, -0.25) is 23.7 Å². The Hall–Kier alpha value is -3.08. The Morgan fingerprint density at radius 1 is 0.974 bits per heavy atom. The van der Waals surface area contributed by atoms with Crippen LogP contribution in [0.3, 0.4) is 0 Å². The van der Waals surface area contributed by atoms with Crippen LogP contribution in [0.4, 0.5) is 5.69 Å². The molecule has 0 aliphatic carbocycles. The minimum absolute atomic E-state index is 0.0760. The number of hydrogen-bond acceptors (Lipinski definition) is 7. The summed E-state index contributed by atoms with van der Waals surface area (Å²) in [6.07, 6.45) is 3.01. The van der Waals surface area contributed by atoms with Crippen molar-refractivity contribution in [2.45, 2.75) is 42.0 Å². The molecule has 39 heavy (non-hydrogen) atoms.